The largest absolute Gasteiger partial charge is 0.368 e. The fraction of sp³-hybridized carbons (Fsp3) is 0.333. The van der Waals surface area contributed by atoms with Crippen molar-refractivity contribution in [2.45, 2.75) is 13.8 Å². The lowest BCUT2D eigenvalue weighted by molar-refractivity contribution is -0.384. The monoisotopic (exact) mass is 396 g/mol. The Kier molecular flexibility index (Phi) is 6.11. The number of piperazine rings is 1. The molecule has 0 unspecified atom stereocenters. The van der Waals surface area contributed by atoms with Crippen LogP contribution in [0.4, 0.5) is 11.4 Å². The Bertz CT molecular complexity index is 916. The Balaban J connectivity index is 1.52. The van der Waals surface area contributed by atoms with Crippen molar-refractivity contribution in [2.24, 2.45) is 0 Å². The zero-order chi connectivity index (χ0) is 21.0. The first-order valence-corrected chi connectivity index (χ1v) is 9.47. The van der Waals surface area contributed by atoms with Crippen LogP contribution in [-0.4, -0.2) is 54.4 Å². The third kappa shape index (κ3) is 5.10. The SMILES string of the molecule is Cc1cc(C)cc(C(=O)NCC(=O)N2CCN(c3cccc([N+](=O)[O-])c3)CC2)c1. The fourth-order valence-electron chi connectivity index (χ4n) is 3.49. The lowest BCUT2D eigenvalue weighted by Crippen LogP contribution is -2.51. The standard InChI is InChI=1S/C21H24N4O4/c1-15-10-16(2)12-17(11-15)21(27)22-14-20(26)24-8-6-23(7-9-24)18-4-3-5-19(13-18)25(28)29/h3-5,10-13H,6-9,14H2,1-2H3,(H,22,27). The molecule has 1 saturated heterocycles. The molecule has 0 bridgehead atoms. The van der Waals surface area contributed by atoms with Crippen LogP contribution < -0.4 is 10.2 Å². The van der Waals surface area contributed by atoms with Crippen LogP contribution in [0, 0.1) is 24.0 Å². The number of nitro benzene ring substituents is 1. The summed E-state index contributed by atoms with van der Waals surface area (Å²) in [5.41, 5.74) is 3.37. The Morgan fingerprint density at radius 2 is 1.69 bits per heavy atom. The number of nitro groups is 1. The van der Waals surface area contributed by atoms with Crippen LogP contribution in [-0.2, 0) is 4.79 Å². The van der Waals surface area contributed by atoms with Crippen molar-refractivity contribution in [3.05, 3.63) is 69.3 Å². The molecule has 2 aromatic carbocycles. The molecule has 1 aliphatic heterocycles. The molecule has 0 aliphatic carbocycles. The number of aryl methyl sites for hydroxylation is 2. The zero-order valence-corrected chi connectivity index (χ0v) is 16.6. The van der Waals surface area contributed by atoms with Gasteiger partial charge < -0.3 is 15.1 Å². The molecule has 0 aromatic heterocycles. The van der Waals surface area contributed by atoms with E-state index < -0.39 is 4.92 Å². The molecule has 3 rings (SSSR count). The number of rotatable bonds is 5. The van der Waals surface area contributed by atoms with E-state index in [2.05, 4.69) is 5.32 Å². The first-order chi connectivity index (χ1) is 13.8. The zero-order valence-electron chi connectivity index (χ0n) is 16.6. The van der Waals surface area contributed by atoms with Gasteiger partial charge in [0.05, 0.1) is 11.5 Å². The van der Waals surface area contributed by atoms with Crippen LogP contribution >= 0.6 is 0 Å². The highest BCUT2D eigenvalue weighted by molar-refractivity contribution is 5.96. The molecule has 1 aliphatic rings. The maximum atomic E-state index is 12.5. The summed E-state index contributed by atoms with van der Waals surface area (Å²) in [7, 11) is 0. The third-order valence-corrected chi connectivity index (χ3v) is 4.92. The van der Waals surface area contributed by atoms with Crippen molar-refractivity contribution in [1.82, 2.24) is 10.2 Å². The molecule has 8 heteroatoms. The maximum Gasteiger partial charge on any atom is 0.271 e. The number of benzene rings is 2. The number of amides is 2. The molecular weight excluding hydrogens is 372 g/mol. The van der Waals surface area contributed by atoms with Gasteiger partial charge in [-0.3, -0.25) is 19.7 Å². The second kappa shape index (κ2) is 8.72. The Morgan fingerprint density at radius 1 is 1.03 bits per heavy atom. The van der Waals surface area contributed by atoms with Gasteiger partial charge in [0.1, 0.15) is 0 Å². The Labute approximate surface area is 169 Å². The van der Waals surface area contributed by atoms with Crippen molar-refractivity contribution in [3.63, 3.8) is 0 Å². The van der Waals surface area contributed by atoms with Gasteiger partial charge in [0.2, 0.25) is 5.91 Å². The van der Waals surface area contributed by atoms with Gasteiger partial charge in [0.25, 0.3) is 11.6 Å². The molecule has 2 aromatic rings. The molecular formula is C21H24N4O4. The molecule has 29 heavy (non-hydrogen) atoms. The van der Waals surface area contributed by atoms with Gasteiger partial charge in [-0.2, -0.15) is 0 Å². The van der Waals surface area contributed by atoms with Crippen LogP contribution in [0.25, 0.3) is 0 Å². The topological polar surface area (TPSA) is 95.8 Å². The molecule has 0 radical (unpaired) electrons. The van der Waals surface area contributed by atoms with Crippen LogP contribution in [0.5, 0.6) is 0 Å². The highest BCUT2D eigenvalue weighted by Gasteiger charge is 2.22. The average Bonchev–Trinajstić information content (AvgIpc) is 2.71. The van der Waals surface area contributed by atoms with Gasteiger partial charge in [-0.15, -0.1) is 0 Å². The van der Waals surface area contributed by atoms with Gasteiger partial charge in [-0.05, 0) is 32.0 Å². The van der Waals surface area contributed by atoms with E-state index >= 15 is 0 Å². The summed E-state index contributed by atoms with van der Waals surface area (Å²) in [6, 6.07) is 12.1. The summed E-state index contributed by atoms with van der Waals surface area (Å²) in [4.78, 5) is 39.0. The summed E-state index contributed by atoms with van der Waals surface area (Å²) < 4.78 is 0. The second-order valence-electron chi connectivity index (χ2n) is 7.20. The van der Waals surface area contributed by atoms with E-state index in [9.17, 15) is 19.7 Å². The van der Waals surface area contributed by atoms with Crippen LogP contribution in [0.3, 0.4) is 0 Å². The highest BCUT2D eigenvalue weighted by Crippen LogP contribution is 2.22. The van der Waals surface area contributed by atoms with Crippen LogP contribution in [0.1, 0.15) is 21.5 Å². The second-order valence-corrected chi connectivity index (χ2v) is 7.20. The minimum absolute atomic E-state index is 0.0510. The first kappa shape index (κ1) is 20.3. The number of anilines is 1. The Morgan fingerprint density at radius 3 is 2.31 bits per heavy atom. The highest BCUT2D eigenvalue weighted by atomic mass is 16.6. The number of carbonyl (C=O) groups excluding carboxylic acids is 2. The summed E-state index contributed by atoms with van der Waals surface area (Å²) in [6.45, 7) is 5.96. The predicted octanol–water partition coefficient (Wildman–Crippen LogP) is 2.29. The van der Waals surface area contributed by atoms with Crippen molar-refractivity contribution in [2.75, 3.05) is 37.6 Å². The lowest BCUT2D eigenvalue weighted by atomic mass is 10.1. The van der Waals surface area contributed by atoms with Crippen molar-refractivity contribution in [3.8, 4) is 0 Å². The maximum absolute atomic E-state index is 12.5. The molecule has 8 nitrogen and oxygen atoms in total. The van der Waals surface area contributed by atoms with Crippen LogP contribution in [0.2, 0.25) is 0 Å². The van der Waals surface area contributed by atoms with E-state index in [0.717, 1.165) is 16.8 Å². The molecule has 1 N–H and O–H groups in total. The summed E-state index contributed by atoms with van der Waals surface area (Å²) in [5.74, 6) is -0.401. The number of hydrogen-bond donors (Lipinski definition) is 1. The lowest BCUT2D eigenvalue weighted by Gasteiger charge is -2.36. The van der Waals surface area contributed by atoms with E-state index in [-0.39, 0.29) is 24.0 Å². The minimum Gasteiger partial charge on any atom is -0.368 e. The third-order valence-electron chi connectivity index (χ3n) is 4.92. The van der Waals surface area contributed by atoms with E-state index in [1.807, 2.05) is 30.9 Å². The first-order valence-electron chi connectivity index (χ1n) is 9.47. The van der Waals surface area contributed by atoms with Crippen molar-refractivity contribution in [1.29, 1.82) is 0 Å². The summed E-state index contributed by atoms with van der Waals surface area (Å²) in [6.07, 6.45) is 0. The fourth-order valence-corrected chi connectivity index (χ4v) is 3.49. The van der Waals surface area contributed by atoms with E-state index in [4.69, 9.17) is 0 Å². The quantitative estimate of drug-likeness (QED) is 0.618. The van der Waals surface area contributed by atoms with Crippen molar-refractivity contribution < 1.29 is 14.5 Å². The van der Waals surface area contributed by atoms with Gasteiger partial charge >= 0.3 is 0 Å². The molecule has 0 saturated carbocycles. The Hall–Kier alpha value is -3.42. The van der Waals surface area contributed by atoms with E-state index in [0.29, 0.717) is 31.7 Å². The minimum atomic E-state index is -0.415. The molecule has 0 spiro atoms. The number of hydrogen-bond acceptors (Lipinski definition) is 5. The number of nitrogens with one attached hydrogen (secondary N) is 1. The normalized spacial score (nSPS) is 13.9. The summed E-state index contributed by atoms with van der Waals surface area (Å²) >= 11 is 0. The van der Waals surface area contributed by atoms with E-state index in [1.54, 1.807) is 29.2 Å². The molecule has 2 amide bonds. The summed E-state index contributed by atoms with van der Waals surface area (Å²) in [5, 5.41) is 13.6. The molecule has 152 valence electrons. The van der Waals surface area contributed by atoms with Gasteiger partial charge in [-0.25, -0.2) is 0 Å². The number of non-ortho nitro benzene ring substituents is 1. The average molecular weight is 396 g/mol. The molecule has 0 atom stereocenters. The van der Waals surface area contributed by atoms with Gasteiger partial charge in [0.15, 0.2) is 0 Å². The van der Waals surface area contributed by atoms with Crippen LogP contribution in [0.15, 0.2) is 42.5 Å². The smallest absolute Gasteiger partial charge is 0.271 e. The van der Waals surface area contributed by atoms with Gasteiger partial charge in [0, 0.05) is 49.6 Å². The number of nitrogens with zero attached hydrogens (tertiary/aromatic N) is 3. The number of carbonyl (C=O) groups is 2. The molecule has 1 heterocycles. The molecule has 1 fully saturated rings. The van der Waals surface area contributed by atoms with Crippen molar-refractivity contribution >= 4 is 23.2 Å². The predicted molar refractivity (Wildman–Crippen MR) is 110 cm³/mol. The van der Waals surface area contributed by atoms with E-state index in [1.165, 1.54) is 6.07 Å². The van der Waals surface area contributed by atoms with Gasteiger partial charge in [-0.1, -0.05) is 23.3 Å².